The molecule has 9 heteroatoms. The lowest BCUT2D eigenvalue weighted by Crippen LogP contribution is -2.24. The summed E-state index contributed by atoms with van der Waals surface area (Å²) in [6.45, 7) is 0.589. The Bertz CT molecular complexity index is 1700. The standard InChI is InChI=1S/C25H23N7O2/c1-30-13-17-10-18(7-9-20(17)28-30)32-24(33)21(16-6-8-19(26-11-16)15-4-5-15)22-23(29-32)27-25(34)31(22)12-14-2-3-14/h6-11,13-15H,2-5,12H2,1H3,(H,27,29,34). The van der Waals surface area contributed by atoms with Crippen LogP contribution in [0.1, 0.15) is 37.3 Å². The number of aryl methyl sites for hydroxylation is 1. The number of H-pyrrole nitrogens is 1. The Hall–Kier alpha value is -4.01. The maximum atomic E-state index is 13.9. The molecule has 1 N–H and O–H groups in total. The van der Waals surface area contributed by atoms with Gasteiger partial charge >= 0.3 is 5.69 Å². The molecule has 5 aromatic rings. The van der Waals surface area contributed by atoms with Crippen LogP contribution in [-0.4, -0.2) is 34.1 Å². The van der Waals surface area contributed by atoms with E-state index in [2.05, 4.69) is 20.2 Å². The fraction of sp³-hybridized carbons (Fsp3) is 0.320. The number of imidazole rings is 1. The Morgan fingerprint density at radius 2 is 1.91 bits per heavy atom. The van der Waals surface area contributed by atoms with Gasteiger partial charge in [-0.05, 0) is 55.9 Å². The summed E-state index contributed by atoms with van der Waals surface area (Å²) in [6.07, 6.45) is 8.18. The summed E-state index contributed by atoms with van der Waals surface area (Å²) in [5.74, 6) is 0.991. The smallest absolute Gasteiger partial charge is 0.289 e. The molecule has 1 aromatic carbocycles. The van der Waals surface area contributed by atoms with Crippen molar-refractivity contribution >= 4 is 22.1 Å². The highest BCUT2D eigenvalue weighted by Crippen LogP contribution is 2.39. The average Bonchev–Trinajstić information content (AvgIpc) is 3.75. The van der Waals surface area contributed by atoms with Gasteiger partial charge < -0.3 is 0 Å². The van der Waals surface area contributed by atoms with Crippen molar-refractivity contribution in [1.82, 2.24) is 34.1 Å². The number of nitrogens with one attached hydrogen (secondary N) is 1. The van der Waals surface area contributed by atoms with E-state index in [1.54, 1.807) is 15.4 Å². The first-order valence-corrected chi connectivity index (χ1v) is 11.7. The summed E-state index contributed by atoms with van der Waals surface area (Å²) in [6, 6.07) is 9.54. The maximum Gasteiger partial charge on any atom is 0.327 e. The minimum atomic E-state index is -0.278. The van der Waals surface area contributed by atoms with Crippen LogP contribution >= 0.6 is 0 Å². The monoisotopic (exact) mass is 453 g/mol. The number of hydrogen-bond donors (Lipinski definition) is 1. The molecule has 7 rings (SSSR count). The molecule has 0 unspecified atom stereocenters. The molecule has 0 aliphatic heterocycles. The third kappa shape index (κ3) is 3.11. The SMILES string of the molecule is Cn1cc2cc(-n3nc4[nH]c(=O)n(CC5CC5)c4c(-c4ccc(C5CC5)nc4)c3=O)ccc2n1. The van der Waals surface area contributed by atoms with Gasteiger partial charge in [0, 0.05) is 48.5 Å². The van der Waals surface area contributed by atoms with Gasteiger partial charge in [0.05, 0.1) is 16.8 Å². The van der Waals surface area contributed by atoms with Crippen LogP contribution in [0.5, 0.6) is 0 Å². The van der Waals surface area contributed by atoms with Gasteiger partial charge in [0.25, 0.3) is 5.56 Å². The Morgan fingerprint density at radius 1 is 1.06 bits per heavy atom. The molecular weight excluding hydrogens is 430 g/mol. The number of hydrogen-bond acceptors (Lipinski definition) is 5. The molecule has 2 aliphatic carbocycles. The van der Waals surface area contributed by atoms with Gasteiger partial charge in [-0.25, -0.2) is 4.79 Å². The Balaban J connectivity index is 1.49. The molecule has 0 atom stereocenters. The van der Waals surface area contributed by atoms with Gasteiger partial charge in [0.1, 0.15) is 5.52 Å². The predicted octanol–water partition coefficient (Wildman–Crippen LogP) is 3.11. The molecule has 0 radical (unpaired) electrons. The topological polar surface area (TPSA) is 103 Å². The number of nitrogens with zero attached hydrogens (tertiary/aromatic N) is 6. The van der Waals surface area contributed by atoms with Crippen molar-refractivity contribution in [3.8, 4) is 16.8 Å². The van der Waals surface area contributed by atoms with E-state index >= 15 is 0 Å². The van der Waals surface area contributed by atoms with E-state index < -0.39 is 0 Å². The lowest BCUT2D eigenvalue weighted by molar-refractivity contribution is 0.624. The Kier molecular flexibility index (Phi) is 4.00. The molecule has 4 aromatic heterocycles. The van der Waals surface area contributed by atoms with E-state index in [1.807, 2.05) is 43.6 Å². The zero-order valence-electron chi connectivity index (χ0n) is 18.7. The summed E-state index contributed by atoms with van der Waals surface area (Å²) < 4.78 is 4.79. The molecule has 0 amide bonds. The molecular formula is C25H23N7O2. The highest BCUT2D eigenvalue weighted by Gasteiger charge is 2.28. The summed E-state index contributed by atoms with van der Waals surface area (Å²) in [5, 5.41) is 9.91. The molecule has 9 nitrogen and oxygen atoms in total. The minimum Gasteiger partial charge on any atom is -0.289 e. The minimum absolute atomic E-state index is 0.238. The Morgan fingerprint density at radius 3 is 2.65 bits per heavy atom. The van der Waals surface area contributed by atoms with Crippen molar-refractivity contribution in [2.75, 3.05) is 0 Å². The first kappa shape index (κ1) is 19.5. The van der Waals surface area contributed by atoms with Crippen LogP contribution in [0, 0.1) is 5.92 Å². The number of rotatable bonds is 5. The van der Waals surface area contributed by atoms with Gasteiger partial charge in [-0.3, -0.25) is 24.0 Å². The van der Waals surface area contributed by atoms with E-state index in [0.717, 1.165) is 42.3 Å². The lowest BCUT2D eigenvalue weighted by Gasteiger charge is -2.11. The Labute approximate surface area is 193 Å². The number of fused-ring (bicyclic) bond motifs is 2. The number of aromatic amines is 1. The quantitative estimate of drug-likeness (QED) is 0.440. The van der Waals surface area contributed by atoms with Crippen LogP contribution in [0.15, 0.2) is 52.3 Å². The second kappa shape index (κ2) is 6.99. The van der Waals surface area contributed by atoms with Crippen molar-refractivity contribution in [3.05, 3.63) is 69.3 Å². The van der Waals surface area contributed by atoms with Crippen molar-refractivity contribution in [1.29, 1.82) is 0 Å². The van der Waals surface area contributed by atoms with Crippen molar-refractivity contribution in [2.45, 2.75) is 38.1 Å². The van der Waals surface area contributed by atoms with E-state index in [1.165, 1.54) is 4.68 Å². The van der Waals surface area contributed by atoms with Crippen LogP contribution in [-0.2, 0) is 13.6 Å². The van der Waals surface area contributed by atoms with Gasteiger partial charge in [0.2, 0.25) is 0 Å². The van der Waals surface area contributed by atoms with E-state index in [9.17, 15) is 9.59 Å². The van der Waals surface area contributed by atoms with Gasteiger partial charge in [-0.15, -0.1) is 5.10 Å². The summed E-state index contributed by atoms with van der Waals surface area (Å²) in [4.78, 5) is 34.4. The van der Waals surface area contributed by atoms with Gasteiger partial charge in [-0.2, -0.15) is 9.78 Å². The highest BCUT2D eigenvalue weighted by atomic mass is 16.1. The third-order valence-corrected chi connectivity index (χ3v) is 6.86. The first-order chi connectivity index (χ1) is 16.5. The zero-order chi connectivity index (χ0) is 23.0. The summed E-state index contributed by atoms with van der Waals surface area (Å²) >= 11 is 0. The van der Waals surface area contributed by atoms with Crippen molar-refractivity contribution in [3.63, 3.8) is 0 Å². The summed E-state index contributed by atoms with van der Waals surface area (Å²) in [5.41, 5.74) is 4.10. The second-order valence-electron chi connectivity index (χ2n) is 9.57. The van der Waals surface area contributed by atoms with E-state index in [0.29, 0.717) is 46.4 Å². The van der Waals surface area contributed by atoms with Gasteiger partial charge in [-0.1, -0.05) is 6.07 Å². The molecule has 0 saturated heterocycles. The summed E-state index contributed by atoms with van der Waals surface area (Å²) in [7, 11) is 1.86. The van der Waals surface area contributed by atoms with Crippen molar-refractivity contribution in [2.24, 2.45) is 13.0 Å². The fourth-order valence-corrected chi connectivity index (χ4v) is 4.75. The molecule has 2 saturated carbocycles. The second-order valence-corrected chi connectivity index (χ2v) is 9.57. The van der Waals surface area contributed by atoms with E-state index in [-0.39, 0.29) is 11.2 Å². The number of aromatic nitrogens is 7. The average molecular weight is 454 g/mol. The first-order valence-electron chi connectivity index (χ1n) is 11.7. The normalized spacial score (nSPS) is 16.0. The molecule has 170 valence electrons. The lowest BCUT2D eigenvalue weighted by atomic mass is 10.1. The fourth-order valence-electron chi connectivity index (χ4n) is 4.75. The zero-order valence-corrected chi connectivity index (χ0v) is 18.7. The number of pyridine rings is 1. The number of benzene rings is 1. The molecule has 4 heterocycles. The molecule has 2 aliphatic rings. The molecule has 34 heavy (non-hydrogen) atoms. The maximum absolute atomic E-state index is 13.9. The van der Waals surface area contributed by atoms with Crippen molar-refractivity contribution < 1.29 is 0 Å². The van der Waals surface area contributed by atoms with Crippen LogP contribution in [0.3, 0.4) is 0 Å². The van der Waals surface area contributed by atoms with Crippen LogP contribution < -0.4 is 11.2 Å². The third-order valence-electron chi connectivity index (χ3n) is 6.86. The predicted molar refractivity (Wildman–Crippen MR) is 128 cm³/mol. The van der Waals surface area contributed by atoms with E-state index in [4.69, 9.17) is 0 Å². The molecule has 0 spiro atoms. The van der Waals surface area contributed by atoms with Crippen LogP contribution in [0.4, 0.5) is 0 Å². The van der Waals surface area contributed by atoms with Crippen LogP contribution in [0.25, 0.3) is 38.9 Å². The highest BCUT2D eigenvalue weighted by molar-refractivity contribution is 5.89. The molecule has 0 bridgehead atoms. The molecule has 2 fully saturated rings. The van der Waals surface area contributed by atoms with Crippen LogP contribution in [0.2, 0.25) is 0 Å². The van der Waals surface area contributed by atoms with Gasteiger partial charge in [0.15, 0.2) is 5.65 Å². The largest absolute Gasteiger partial charge is 0.327 e.